The second-order valence-corrected chi connectivity index (χ2v) is 8.46. The molecule has 3 N–H and O–H groups in total. The number of nitrogens with zero attached hydrogens (tertiary/aromatic N) is 4. The van der Waals surface area contributed by atoms with Crippen molar-refractivity contribution in [3.8, 4) is 11.5 Å². The van der Waals surface area contributed by atoms with Crippen LogP contribution >= 0.6 is 22.6 Å². The fourth-order valence-corrected chi connectivity index (χ4v) is 3.89. The molecule has 3 aromatic rings. The number of aromatic nitrogens is 4. The van der Waals surface area contributed by atoms with Crippen molar-refractivity contribution in [1.82, 2.24) is 24.8 Å². The van der Waals surface area contributed by atoms with Gasteiger partial charge in [-0.1, -0.05) is 13.8 Å². The molecule has 2 aromatic heterocycles. The number of hydrogen-bond donors (Lipinski definition) is 2. The topological polar surface area (TPSA) is 100 Å². The molecule has 0 unspecified atom stereocenters. The van der Waals surface area contributed by atoms with Crippen LogP contribution in [0.5, 0.6) is 11.5 Å². The molecule has 0 fully saturated rings. The van der Waals surface area contributed by atoms with Crippen molar-refractivity contribution < 1.29 is 13.9 Å². The molecule has 0 spiro atoms. The zero-order valence-electron chi connectivity index (χ0n) is 16.2. The van der Waals surface area contributed by atoms with Crippen molar-refractivity contribution in [3.63, 3.8) is 0 Å². The summed E-state index contributed by atoms with van der Waals surface area (Å²) < 4.78 is 27.7. The SMILES string of the molecule is CC(C)CNCCn1c(Cc2cc3c(cc2[124I])OCO3)nc2c(N)nc(F)nc21. The standard InChI is InChI=1S/C19H22FIN6O2/c1-10(2)8-23-3-4-27-15(24-16-17(22)25-19(20)26-18(16)27)6-11-5-13-14(7-12(11)21)29-9-28-13/h5,7,10,23H,3-4,6,8-9H2,1-2H3,(H2,22,25,26)/i21-3. The van der Waals surface area contributed by atoms with Gasteiger partial charge in [0.1, 0.15) is 5.82 Å². The molecular weight excluding hydrogens is 487 g/mol. The van der Waals surface area contributed by atoms with Crippen LogP contribution in [0.3, 0.4) is 0 Å². The van der Waals surface area contributed by atoms with Gasteiger partial charge in [0, 0.05) is 23.1 Å². The number of fused-ring (bicyclic) bond motifs is 2. The second-order valence-electron chi connectivity index (χ2n) is 7.30. The van der Waals surface area contributed by atoms with Crippen LogP contribution in [-0.2, 0) is 13.0 Å². The number of halogens is 2. The normalized spacial score (nSPS) is 13.0. The molecule has 1 aromatic carbocycles. The minimum absolute atomic E-state index is 0.0445. The first-order valence-corrected chi connectivity index (χ1v) is 10.5. The van der Waals surface area contributed by atoms with Gasteiger partial charge in [0.25, 0.3) is 0 Å². The molecule has 0 radical (unpaired) electrons. The Bertz CT molecular complexity index is 1060. The summed E-state index contributed by atoms with van der Waals surface area (Å²) in [6, 6.07) is 3.91. The van der Waals surface area contributed by atoms with Gasteiger partial charge in [0.05, 0.1) is 0 Å². The maximum Gasteiger partial charge on any atom is 0.312 e. The number of nitrogen functional groups attached to an aromatic ring is 1. The first-order chi connectivity index (χ1) is 13.9. The molecule has 0 saturated heterocycles. The number of imidazole rings is 1. The Kier molecular flexibility index (Phi) is 5.72. The van der Waals surface area contributed by atoms with Crippen LogP contribution in [0.2, 0.25) is 0 Å². The fraction of sp³-hybridized carbons (Fsp3) is 0.421. The molecule has 4 rings (SSSR count). The number of nitrogens with one attached hydrogen (secondary N) is 1. The first kappa shape index (κ1) is 20.1. The predicted octanol–water partition coefficient (Wildman–Crippen LogP) is 2.72. The molecule has 154 valence electrons. The third-order valence-corrected chi connectivity index (χ3v) is 5.63. The van der Waals surface area contributed by atoms with Crippen molar-refractivity contribution in [3.05, 3.63) is 33.2 Å². The van der Waals surface area contributed by atoms with Crippen LogP contribution in [-0.4, -0.2) is 39.4 Å². The van der Waals surface area contributed by atoms with Gasteiger partial charge in [-0.3, -0.25) is 0 Å². The van der Waals surface area contributed by atoms with E-state index in [2.05, 4.69) is 56.7 Å². The number of anilines is 1. The van der Waals surface area contributed by atoms with Crippen LogP contribution in [0.1, 0.15) is 25.2 Å². The highest BCUT2D eigenvalue weighted by Crippen LogP contribution is 2.36. The summed E-state index contributed by atoms with van der Waals surface area (Å²) in [4.78, 5) is 12.2. The zero-order valence-corrected chi connectivity index (χ0v) is 18.4. The Balaban J connectivity index is 1.69. The largest absolute Gasteiger partial charge is 0.454 e. The van der Waals surface area contributed by atoms with Crippen LogP contribution < -0.4 is 20.5 Å². The van der Waals surface area contributed by atoms with Gasteiger partial charge in [-0.2, -0.15) is 14.4 Å². The highest BCUT2D eigenvalue weighted by atomic mass is 124. The smallest absolute Gasteiger partial charge is 0.312 e. The first-order valence-electron chi connectivity index (χ1n) is 9.39. The van der Waals surface area contributed by atoms with Crippen LogP contribution in [0.4, 0.5) is 10.2 Å². The molecule has 0 bridgehead atoms. The lowest BCUT2D eigenvalue weighted by molar-refractivity contribution is 0.174. The van der Waals surface area contributed by atoms with E-state index in [1.165, 1.54) is 0 Å². The number of ether oxygens (including phenoxy) is 2. The summed E-state index contributed by atoms with van der Waals surface area (Å²) >= 11 is 2.27. The third kappa shape index (κ3) is 4.22. The minimum Gasteiger partial charge on any atom is -0.454 e. The predicted molar refractivity (Wildman–Crippen MR) is 115 cm³/mol. The van der Waals surface area contributed by atoms with E-state index in [1.54, 1.807) is 0 Å². The maximum atomic E-state index is 13.8. The van der Waals surface area contributed by atoms with Gasteiger partial charge in [0.15, 0.2) is 28.5 Å². The van der Waals surface area contributed by atoms with Crippen molar-refractivity contribution in [2.75, 3.05) is 25.6 Å². The lowest BCUT2D eigenvalue weighted by Crippen LogP contribution is -2.25. The second kappa shape index (κ2) is 8.27. The van der Waals surface area contributed by atoms with Gasteiger partial charge in [-0.15, -0.1) is 0 Å². The molecule has 1 aliphatic rings. The zero-order chi connectivity index (χ0) is 20.5. The number of rotatable bonds is 7. The van der Waals surface area contributed by atoms with E-state index in [0.717, 1.165) is 27.3 Å². The average Bonchev–Trinajstić information content (AvgIpc) is 3.23. The Morgan fingerprint density at radius 1 is 1.24 bits per heavy atom. The molecular formula is C19H22FIN6O2. The summed E-state index contributed by atoms with van der Waals surface area (Å²) in [5, 5.41) is 3.40. The summed E-state index contributed by atoms with van der Waals surface area (Å²) in [6.45, 7) is 6.72. The molecule has 0 aliphatic carbocycles. The van der Waals surface area contributed by atoms with Gasteiger partial charge >= 0.3 is 6.08 Å². The lowest BCUT2D eigenvalue weighted by atomic mass is 10.1. The number of hydrogen-bond acceptors (Lipinski definition) is 7. The average molecular weight is 509 g/mol. The van der Waals surface area contributed by atoms with E-state index in [-0.39, 0.29) is 12.6 Å². The third-order valence-electron chi connectivity index (χ3n) is 4.63. The monoisotopic (exact) mass is 509 g/mol. The Hall–Kier alpha value is -2.21. The molecule has 0 saturated carbocycles. The van der Waals surface area contributed by atoms with Crippen LogP contribution in [0.25, 0.3) is 11.2 Å². The number of nitrogens with two attached hydrogens (primary N) is 1. The highest BCUT2D eigenvalue weighted by Gasteiger charge is 2.20. The van der Waals surface area contributed by atoms with Crippen molar-refractivity contribution in [2.24, 2.45) is 5.92 Å². The summed E-state index contributed by atoms with van der Waals surface area (Å²) in [5.41, 5.74) is 7.77. The molecule has 29 heavy (non-hydrogen) atoms. The summed E-state index contributed by atoms with van der Waals surface area (Å²) in [6.07, 6.45) is -0.327. The van der Waals surface area contributed by atoms with E-state index >= 15 is 0 Å². The Morgan fingerprint density at radius 3 is 2.76 bits per heavy atom. The van der Waals surface area contributed by atoms with Crippen LogP contribution in [0, 0.1) is 15.6 Å². The highest BCUT2D eigenvalue weighted by molar-refractivity contribution is 14.1. The lowest BCUT2D eigenvalue weighted by Gasteiger charge is -2.12. The Morgan fingerprint density at radius 2 is 2.00 bits per heavy atom. The molecule has 10 heteroatoms. The van der Waals surface area contributed by atoms with E-state index in [9.17, 15) is 4.39 Å². The quantitative estimate of drug-likeness (QED) is 0.287. The van der Waals surface area contributed by atoms with Gasteiger partial charge < -0.3 is 25.1 Å². The van der Waals surface area contributed by atoms with E-state index in [0.29, 0.717) is 42.3 Å². The molecule has 0 amide bonds. The maximum absolute atomic E-state index is 13.8. The molecule has 0 atom stereocenters. The summed E-state index contributed by atoms with van der Waals surface area (Å²) in [7, 11) is 0. The molecule has 8 nitrogen and oxygen atoms in total. The molecule has 3 heterocycles. The number of benzene rings is 1. The summed E-state index contributed by atoms with van der Waals surface area (Å²) in [5.74, 6) is 2.78. The van der Waals surface area contributed by atoms with E-state index < -0.39 is 6.08 Å². The van der Waals surface area contributed by atoms with Crippen molar-refractivity contribution in [1.29, 1.82) is 0 Å². The van der Waals surface area contributed by atoms with Gasteiger partial charge in [-0.25, -0.2) is 4.98 Å². The van der Waals surface area contributed by atoms with Crippen LogP contribution in [0.15, 0.2) is 12.1 Å². The van der Waals surface area contributed by atoms with E-state index in [1.807, 2.05) is 16.7 Å². The van der Waals surface area contributed by atoms with Crippen molar-refractivity contribution >= 4 is 39.6 Å². The molecule has 1 aliphatic heterocycles. The van der Waals surface area contributed by atoms with Crippen molar-refractivity contribution in [2.45, 2.75) is 26.8 Å². The van der Waals surface area contributed by atoms with E-state index in [4.69, 9.17) is 15.2 Å². The minimum atomic E-state index is -0.851. The van der Waals surface area contributed by atoms with Gasteiger partial charge in [0.2, 0.25) is 6.79 Å². The Labute approximate surface area is 181 Å². The fourth-order valence-electron chi connectivity index (χ4n) is 3.26. The van der Waals surface area contributed by atoms with Gasteiger partial charge in [-0.05, 0) is 52.7 Å².